The molecule has 0 rings (SSSR count). The molecule has 0 fully saturated rings. The quantitative estimate of drug-likeness (QED) is 0.0653. The van der Waals surface area contributed by atoms with Crippen LogP contribution in [0.1, 0.15) is 0 Å². The first-order valence-electron chi connectivity index (χ1n) is 8.42. The Bertz CT molecular complexity index is 745. The maximum absolute atomic E-state index is 12.9. The highest BCUT2D eigenvalue weighted by Gasteiger charge is 2.57. The van der Waals surface area contributed by atoms with Crippen molar-refractivity contribution in [3.05, 3.63) is 0 Å². The van der Waals surface area contributed by atoms with E-state index in [1.807, 2.05) is 0 Å². The molecule has 0 saturated carbocycles. The molecule has 0 aliphatic heterocycles. The minimum absolute atomic E-state index is 0.209. The number of esters is 4. The highest BCUT2D eigenvalue weighted by atomic mass is 80.0. The van der Waals surface area contributed by atoms with Gasteiger partial charge in [-0.05, 0) is 21.6 Å². The first-order chi connectivity index (χ1) is 16.7. The van der Waals surface area contributed by atoms with Crippen molar-refractivity contribution in [3.8, 4) is 0 Å². The van der Waals surface area contributed by atoms with Crippen molar-refractivity contribution in [1.82, 2.24) is 0 Å². The molecule has 0 saturated heterocycles. The van der Waals surface area contributed by atoms with Gasteiger partial charge in [0.25, 0.3) is 8.41 Å². The number of hydrogen-bond acceptors (Lipinski definition) is 10. The molecule has 0 aromatic heterocycles. The van der Waals surface area contributed by atoms with E-state index in [1.165, 1.54) is 0 Å². The Kier molecular flexibility index (Phi) is 20.0. The number of carbonyl (C=O) groups excluding carboxylic acids is 4. The Labute approximate surface area is 335 Å². The van der Waals surface area contributed by atoms with E-state index in [4.69, 9.17) is 42.1 Å². The average Bonchev–Trinajstić information content (AvgIpc) is 2.73. The molecule has 38 heavy (non-hydrogen) atoms. The first kappa shape index (κ1) is 42.9. The van der Waals surface area contributed by atoms with Crippen LogP contribution in [-0.2, 0) is 38.1 Å². The van der Waals surface area contributed by atoms with Crippen molar-refractivity contribution in [2.45, 2.75) is 17.0 Å². The van der Waals surface area contributed by atoms with Crippen LogP contribution in [0.25, 0.3) is 0 Å². The third kappa shape index (κ3) is 18.2. The van der Waals surface area contributed by atoms with Gasteiger partial charge in [-0.15, -0.1) is 0 Å². The van der Waals surface area contributed by atoms with Gasteiger partial charge in [0.2, 0.25) is 0 Å². The zero-order valence-electron chi connectivity index (χ0n) is 17.2. The smallest absolute Gasteiger partial charge is 0.350 e. The zero-order valence-corrected chi connectivity index (χ0v) is 39.4. The van der Waals surface area contributed by atoms with Crippen molar-refractivity contribution >= 4 is 260 Å². The maximum atomic E-state index is 12.9. The molecular formula is C14H8Br12Cl2O8S2. The van der Waals surface area contributed by atoms with E-state index in [0.717, 1.165) is 0 Å². The van der Waals surface area contributed by atoms with E-state index in [-0.39, 0.29) is 48.0 Å². The lowest BCUT2D eigenvalue weighted by Gasteiger charge is -2.28. The minimum atomic E-state index is -2.66. The van der Waals surface area contributed by atoms with Gasteiger partial charge in [0, 0.05) is 0 Å². The fourth-order valence-electron chi connectivity index (χ4n) is 1.38. The third-order valence-electron chi connectivity index (χ3n) is 2.79. The lowest BCUT2D eigenvalue weighted by Crippen LogP contribution is -2.45. The van der Waals surface area contributed by atoms with E-state index in [1.54, 1.807) is 0 Å². The Morgan fingerprint density at radius 2 is 0.605 bits per heavy atom. The van der Waals surface area contributed by atoms with Crippen molar-refractivity contribution in [1.29, 1.82) is 0 Å². The summed E-state index contributed by atoms with van der Waals surface area (Å²) >= 11 is 50.5. The van der Waals surface area contributed by atoms with Gasteiger partial charge in [0.1, 0.15) is 26.4 Å². The van der Waals surface area contributed by atoms with Gasteiger partial charge in [-0.25, -0.2) is 19.2 Å². The van der Waals surface area contributed by atoms with Crippen molar-refractivity contribution in [2.24, 2.45) is 0 Å². The normalized spacial score (nSPS) is 13.5. The average molecular weight is 1400 g/mol. The molecule has 0 N–H and O–H groups in total. The number of alkyl halides is 14. The van der Waals surface area contributed by atoms with Crippen LogP contribution in [0.2, 0.25) is 0 Å². The molecule has 0 radical (unpaired) electrons. The molecule has 24 heteroatoms. The summed E-state index contributed by atoms with van der Waals surface area (Å²) in [5, 5.41) is 0. The molecule has 0 spiro atoms. The Balaban J connectivity index is 6.20. The number of ether oxygens (including phenoxy) is 4. The summed E-state index contributed by atoms with van der Waals surface area (Å²) in [7, 11) is 0.418. The third-order valence-corrected chi connectivity index (χ3v) is 10.1. The van der Waals surface area contributed by atoms with Crippen molar-refractivity contribution < 1.29 is 38.1 Å². The predicted octanol–water partition coefficient (Wildman–Crippen LogP) is 9.76. The molecule has 8 nitrogen and oxygen atoms in total. The molecule has 222 valence electrons. The molecule has 0 aliphatic carbocycles. The fraction of sp³-hybridized carbons (Fsp3) is 0.714. The molecule has 0 amide bonds. The van der Waals surface area contributed by atoms with Gasteiger partial charge in [0.15, 0.2) is 8.57 Å². The monoisotopic (exact) mass is 1380 g/mol. The van der Waals surface area contributed by atoms with E-state index in [2.05, 4.69) is 191 Å². The second-order valence-electron chi connectivity index (χ2n) is 6.12. The zero-order chi connectivity index (χ0) is 30.4. The molecule has 0 aromatic rings. The van der Waals surface area contributed by atoms with Gasteiger partial charge >= 0.3 is 23.9 Å². The SMILES string of the molecule is O=C(OCC(Br)(Br)Br)C(Cl)(SSC(Cl)(C(=O)OCC(Br)(Br)Br)C(=O)OCC(Br)(Br)Br)C(=O)OCC(Br)(Br)Br. The summed E-state index contributed by atoms with van der Waals surface area (Å²) in [4.78, 5) is 51.8. The van der Waals surface area contributed by atoms with Crippen LogP contribution in [0.15, 0.2) is 0 Å². The molecular weight excluding hydrogens is 1390 g/mol. The molecule has 0 unspecified atom stereocenters. The lowest BCUT2D eigenvalue weighted by atomic mass is 10.4. The van der Waals surface area contributed by atoms with Crippen LogP contribution in [-0.4, -0.2) is 67.3 Å². The summed E-state index contributed by atoms with van der Waals surface area (Å²) in [5.41, 5.74) is 0. The van der Waals surface area contributed by atoms with Crippen LogP contribution < -0.4 is 0 Å². The second-order valence-corrected chi connectivity index (χ2v) is 39.3. The lowest BCUT2D eigenvalue weighted by molar-refractivity contribution is -0.157. The van der Waals surface area contributed by atoms with Gasteiger partial charge in [-0.3, -0.25) is 0 Å². The van der Waals surface area contributed by atoms with Crippen LogP contribution in [0.3, 0.4) is 0 Å². The highest BCUT2D eigenvalue weighted by molar-refractivity contribution is 9.40. The van der Waals surface area contributed by atoms with E-state index in [0.29, 0.717) is 0 Å². The Hall–Kier alpha value is 4.92. The largest absolute Gasteiger partial charge is 0.460 e. The summed E-state index contributed by atoms with van der Waals surface area (Å²) in [5.74, 6) is -5.18. The van der Waals surface area contributed by atoms with E-state index >= 15 is 0 Å². The first-order valence-corrected chi connectivity index (χ1v) is 20.8. The minimum Gasteiger partial charge on any atom is -0.460 e. The summed E-state index contributed by atoms with van der Waals surface area (Å²) in [6.45, 7) is -1.44. The fourth-order valence-corrected chi connectivity index (χ4v) is 5.78. The van der Waals surface area contributed by atoms with Gasteiger partial charge in [-0.1, -0.05) is 214 Å². The van der Waals surface area contributed by atoms with E-state index < -0.39 is 40.9 Å². The number of rotatable bonds is 11. The molecule has 0 aliphatic rings. The molecule has 0 aromatic carbocycles. The van der Waals surface area contributed by atoms with Crippen LogP contribution >= 0.6 is 236 Å². The summed E-state index contributed by atoms with van der Waals surface area (Å²) < 4.78 is 10.9. The van der Waals surface area contributed by atoms with Crippen LogP contribution in [0.5, 0.6) is 0 Å². The standard InChI is InChI=1S/C14H8Br12Cl2O8S2/c15-9(16,17)1-33-5(29)13(27,6(30)34-2-10(18,19)20)37-38-14(28,7(31)35-3-11(21,22)23)8(32)36-4-12(24,25)26/h1-4H2. The van der Waals surface area contributed by atoms with Crippen molar-refractivity contribution in [3.63, 3.8) is 0 Å². The number of carbonyl (C=O) groups is 4. The highest BCUT2D eigenvalue weighted by Crippen LogP contribution is 2.51. The van der Waals surface area contributed by atoms with Gasteiger partial charge < -0.3 is 18.9 Å². The Morgan fingerprint density at radius 3 is 0.737 bits per heavy atom. The van der Waals surface area contributed by atoms with Crippen LogP contribution in [0.4, 0.5) is 0 Å². The van der Waals surface area contributed by atoms with Gasteiger partial charge in [-0.2, -0.15) is 0 Å². The summed E-state index contributed by atoms with van der Waals surface area (Å²) in [6, 6.07) is 0. The predicted molar refractivity (Wildman–Crippen MR) is 194 cm³/mol. The van der Waals surface area contributed by atoms with Crippen LogP contribution in [0, 0.1) is 0 Å². The molecule has 0 heterocycles. The summed E-state index contributed by atoms with van der Waals surface area (Å²) in [6.07, 6.45) is 0. The Morgan fingerprint density at radius 1 is 0.447 bits per heavy atom. The van der Waals surface area contributed by atoms with Crippen molar-refractivity contribution in [2.75, 3.05) is 26.4 Å². The number of halogens is 14. The molecule has 0 atom stereocenters. The molecule has 0 bridgehead atoms. The van der Waals surface area contributed by atoms with E-state index in [9.17, 15) is 19.2 Å². The maximum Gasteiger partial charge on any atom is 0.350 e. The number of hydrogen-bond donors (Lipinski definition) is 0. The second kappa shape index (κ2) is 17.7. The van der Waals surface area contributed by atoms with Gasteiger partial charge in [0.05, 0.1) is 0 Å². The topological polar surface area (TPSA) is 105 Å².